The fourth-order valence-corrected chi connectivity index (χ4v) is 2.79. The maximum atomic E-state index is 5.97. The maximum absolute atomic E-state index is 5.97. The molecule has 0 aliphatic heterocycles. The van der Waals surface area contributed by atoms with E-state index in [1.54, 1.807) is 0 Å². The molecule has 0 saturated heterocycles. The van der Waals surface area contributed by atoms with E-state index in [2.05, 4.69) is 31.2 Å². The summed E-state index contributed by atoms with van der Waals surface area (Å²) in [4.78, 5) is 0. The number of benzene rings is 1. The molecule has 2 N–H and O–H groups in total. The van der Waals surface area contributed by atoms with Crippen LogP contribution in [0.15, 0.2) is 24.3 Å². The summed E-state index contributed by atoms with van der Waals surface area (Å²) in [5, 5.41) is 0. The van der Waals surface area contributed by atoms with Gasteiger partial charge in [0.1, 0.15) is 0 Å². The van der Waals surface area contributed by atoms with Crippen molar-refractivity contribution in [1.29, 1.82) is 0 Å². The average molecular weight is 203 g/mol. The van der Waals surface area contributed by atoms with E-state index in [-0.39, 0.29) is 0 Å². The molecule has 0 atom stereocenters. The summed E-state index contributed by atoms with van der Waals surface area (Å²) in [7, 11) is 0. The fraction of sp³-hybridized carbons (Fsp3) is 0.571. The minimum atomic E-state index is 0.409. The number of hydrogen-bond donors (Lipinski definition) is 1. The van der Waals surface area contributed by atoms with Crippen LogP contribution < -0.4 is 5.73 Å². The van der Waals surface area contributed by atoms with Crippen molar-refractivity contribution in [3.05, 3.63) is 35.4 Å². The van der Waals surface area contributed by atoms with Crippen molar-refractivity contribution >= 4 is 0 Å². The minimum absolute atomic E-state index is 0.409. The summed E-state index contributed by atoms with van der Waals surface area (Å²) < 4.78 is 0. The first-order valence-corrected chi connectivity index (χ1v) is 6.00. The predicted octanol–water partition coefficient (Wildman–Crippen LogP) is 3.06. The van der Waals surface area contributed by atoms with E-state index in [0.29, 0.717) is 5.41 Å². The molecule has 1 nitrogen and oxygen atoms in total. The van der Waals surface area contributed by atoms with Gasteiger partial charge in [-0.3, -0.25) is 0 Å². The Hall–Kier alpha value is -0.820. The zero-order valence-electron chi connectivity index (χ0n) is 9.63. The molecule has 0 spiro atoms. The monoisotopic (exact) mass is 203 g/mol. The third-order valence-electron chi connectivity index (χ3n) is 3.92. The second kappa shape index (κ2) is 4.36. The largest absolute Gasteiger partial charge is 0.330 e. The highest BCUT2D eigenvalue weighted by Crippen LogP contribution is 2.40. The molecule has 1 aromatic carbocycles. The Labute approximate surface area is 92.7 Å². The van der Waals surface area contributed by atoms with Crippen LogP contribution in [0.3, 0.4) is 0 Å². The molecule has 15 heavy (non-hydrogen) atoms. The predicted molar refractivity (Wildman–Crippen MR) is 64.8 cm³/mol. The van der Waals surface area contributed by atoms with E-state index in [0.717, 1.165) is 6.54 Å². The topological polar surface area (TPSA) is 26.0 Å². The van der Waals surface area contributed by atoms with Crippen molar-refractivity contribution in [2.75, 3.05) is 6.54 Å². The molecule has 1 aliphatic rings. The Balaban J connectivity index is 2.16. The molecule has 82 valence electrons. The van der Waals surface area contributed by atoms with Crippen LogP contribution >= 0.6 is 0 Å². The first-order valence-electron chi connectivity index (χ1n) is 6.00. The third kappa shape index (κ3) is 2.23. The van der Waals surface area contributed by atoms with Crippen molar-refractivity contribution in [2.24, 2.45) is 11.1 Å². The van der Waals surface area contributed by atoms with Crippen molar-refractivity contribution < 1.29 is 0 Å². The highest BCUT2D eigenvalue weighted by Gasteiger charge is 2.32. The molecule has 1 aliphatic carbocycles. The van der Waals surface area contributed by atoms with E-state index in [4.69, 9.17) is 5.73 Å². The molecule has 0 bridgehead atoms. The number of aryl methyl sites for hydroxylation is 1. The molecule has 0 unspecified atom stereocenters. The van der Waals surface area contributed by atoms with Gasteiger partial charge in [0.2, 0.25) is 0 Å². The van der Waals surface area contributed by atoms with Crippen LogP contribution in [-0.4, -0.2) is 6.54 Å². The van der Waals surface area contributed by atoms with Gasteiger partial charge in [-0.2, -0.15) is 0 Å². The molecule has 0 amide bonds. The van der Waals surface area contributed by atoms with E-state index >= 15 is 0 Å². The quantitative estimate of drug-likeness (QED) is 0.802. The normalized spacial score (nSPS) is 19.3. The standard InChI is InChI=1S/C14H21N/c1-12-6-2-3-7-13(12)10-14(11-15)8-4-5-9-14/h2-3,6-7H,4-5,8-11,15H2,1H3. The van der Waals surface area contributed by atoms with Gasteiger partial charge in [0, 0.05) is 0 Å². The fourth-order valence-electron chi connectivity index (χ4n) is 2.79. The summed E-state index contributed by atoms with van der Waals surface area (Å²) in [6.07, 6.45) is 6.54. The summed E-state index contributed by atoms with van der Waals surface area (Å²) >= 11 is 0. The molecule has 1 saturated carbocycles. The highest BCUT2D eigenvalue weighted by molar-refractivity contribution is 5.27. The molecule has 1 aromatic rings. The number of hydrogen-bond acceptors (Lipinski definition) is 1. The van der Waals surface area contributed by atoms with Gasteiger partial charge in [-0.1, -0.05) is 37.1 Å². The van der Waals surface area contributed by atoms with Crippen LogP contribution in [0.5, 0.6) is 0 Å². The first kappa shape index (κ1) is 10.7. The van der Waals surface area contributed by atoms with Gasteiger partial charge < -0.3 is 5.73 Å². The molecule has 1 fully saturated rings. The van der Waals surface area contributed by atoms with Gasteiger partial charge in [-0.25, -0.2) is 0 Å². The average Bonchev–Trinajstić information content (AvgIpc) is 2.71. The lowest BCUT2D eigenvalue weighted by molar-refractivity contribution is 0.306. The summed E-state index contributed by atoms with van der Waals surface area (Å²) in [6, 6.07) is 8.71. The van der Waals surface area contributed by atoms with Gasteiger partial charge in [-0.15, -0.1) is 0 Å². The summed E-state index contributed by atoms with van der Waals surface area (Å²) in [5.41, 5.74) is 9.28. The van der Waals surface area contributed by atoms with Crippen molar-refractivity contribution in [2.45, 2.75) is 39.0 Å². The summed E-state index contributed by atoms with van der Waals surface area (Å²) in [5.74, 6) is 0. The van der Waals surface area contributed by atoms with Crippen LogP contribution in [0.25, 0.3) is 0 Å². The Kier molecular flexibility index (Phi) is 3.11. The second-order valence-electron chi connectivity index (χ2n) is 5.01. The van der Waals surface area contributed by atoms with E-state index < -0.39 is 0 Å². The molecular formula is C14H21N. The van der Waals surface area contributed by atoms with Crippen LogP contribution in [0.2, 0.25) is 0 Å². The lowest BCUT2D eigenvalue weighted by Crippen LogP contribution is -2.29. The molecule has 2 rings (SSSR count). The first-order chi connectivity index (χ1) is 7.26. The lowest BCUT2D eigenvalue weighted by Gasteiger charge is -2.28. The van der Waals surface area contributed by atoms with E-state index in [1.807, 2.05) is 0 Å². The Morgan fingerprint density at radius 2 is 1.87 bits per heavy atom. The molecule has 0 heterocycles. The van der Waals surface area contributed by atoms with Crippen LogP contribution in [0.4, 0.5) is 0 Å². The van der Waals surface area contributed by atoms with Gasteiger partial charge >= 0.3 is 0 Å². The lowest BCUT2D eigenvalue weighted by atomic mass is 9.79. The molecule has 0 aromatic heterocycles. The Bertz CT molecular complexity index is 324. The zero-order valence-corrected chi connectivity index (χ0v) is 9.63. The Morgan fingerprint density at radius 1 is 1.20 bits per heavy atom. The van der Waals surface area contributed by atoms with Gasteiger partial charge in [0.25, 0.3) is 0 Å². The number of nitrogens with two attached hydrogens (primary N) is 1. The van der Waals surface area contributed by atoms with Crippen LogP contribution in [0, 0.1) is 12.3 Å². The van der Waals surface area contributed by atoms with Crippen LogP contribution in [-0.2, 0) is 6.42 Å². The van der Waals surface area contributed by atoms with Crippen molar-refractivity contribution in [3.8, 4) is 0 Å². The molecule has 0 radical (unpaired) electrons. The smallest absolute Gasteiger partial charge is 0.00173 e. The van der Waals surface area contributed by atoms with E-state index in [9.17, 15) is 0 Å². The zero-order chi connectivity index (χ0) is 10.7. The van der Waals surface area contributed by atoms with Crippen molar-refractivity contribution in [3.63, 3.8) is 0 Å². The van der Waals surface area contributed by atoms with Gasteiger partial charge in [-0.05, 0) is 49.3 Å². The molecular weight excluding hydrogens is 182 g/mol. The van der Waals surface area contributed by atoms with Gasteiger partial charge in [0.05, 0.1) is 0 Å². The molecule has 1 heteroatoms. The number of rotatable bonds is 3. The Morgan fingerprint density at radius 3 is 2.47 bits per heavy atom. The van der Waals surface area contributed by atoms with Gasteiger partial charge in [0.15, 0.2) is 0 Å². The van der Waals surface area contributed by atoms with Crippen molar-refractivity contribution in [1.82, 2.24) is 0 Å². The maximum Gasteiger partial charge on any atom is -0.00173 e. The SMILES string of the molecule is Cc1ccccc1CC1(CN)CCCC1. The summed E-state index contributed by atoms with van der Waals surface area (Å²) in [6.45, 7) is 3.05. The second-order valence-corrected chi connectivity index (χ2v) is 5.01. The highest BCUT2D eigenvalue weighted by atomic mass is 14.6. The van der Waals surface area contributed by atoms with Crippen LogP contribution in [0.1, 0.15) is 36.8 Å². The minimum Gasteiger partial charge on any atom is -0.330 e. The third-order valence-corrected chi connectivity index (χ3v) is 3.92. The van der Waals surface area contributed by atoms with E-state index in [1.165, 1.54) is 43.2 Å².